The van der Waals surface area contributed by atoms with Crippen LogP contribution in [0, 0.1) is 17.3 Å². The zero-order chi connectivity index (χ0) is 16.6. The van der Waals surface area contributed by atoms with Crippen LogP contribution < -0.4 is 14.9 Å². The van der Waals surface area contributed by atoms with Crippen LogP contribution in [0.15, 0.2) is 33.9 Å². The van der Waals surface area contributed by atoms with Crippen LogP contribution in [0.25, 0.3) is 0 Å². The summed E-state index contributed by atoms with van der Waals surface area (Å²) in [5.41, 5.74) is 3.20. The minimum Gasteiger partial charge on any atom is -0.454 e. The number of benzene rings is 1. The molecule has 1 fully saturated rings. The van der Waals surface area contributed by atoms with Crippen LogP contribution in [-0.4, -0.2) is 18.9 Å². The van der Waals surface area contributed by atoms with E-state index in [9.17, 15) is 4.79 Å². The van der Waals surface area contributed by atoms with E-state index in [1.165, 1.54) is 0 Å². The Kier molecular flexibility index (Phi) is 4.25. The minimum absolute atomic E-state index is 0.0215. The SMILES string of the molecule is CC1(C)[C@H](C=C(Cl)Cl)[C@@H]1C(=O)N/N=C/c1ccc2c(c1)OCO2. The second-order valence-corrected chi connectivity index (χ2v) is 7.14. The molecule has 2 aliphatic rings. The molecule has 1 saturated carbocycles. The average molecular weight is 355 g/mol. The Bertz CT molecular complexity index is 697. The number of ether oxygens (including phenoxy) is 2. The lowest BCUT2D eigenvalue weighted by Gasteiger charge is -2.01. The first kappa shape index (κ1) is 16.1. The van der Waals surface area contributed by atoms with Gasteiger partial charge >= 0.3 is 0 Å². The largest absolute Gasteiger partial charge is 0.454 e. The molecule has 122 valence electrons. The van der Waals surface area contributed by atoms with Gasteiger partial charge in [0, 0.05) is 0 Å². The number of hydrogen-bond donors (Lipinski definition) is 1. The zero-order valence-corrected chi connectivity index (χ0v) is 14.2. The summed E-state index contributed by atoms with van der Waals surface area (Å²) in [6, 6.07) is 5.44. The molecule has 1 amide bonds. The summed E-state index contributed by atoms with van der Waals surface area (Å²) in [6.07, 6.45) is 3.27. The van der Waals surface area contributed by atoms with Crippen LogP contribution in [0.2, 0.25) is 0 Å². The number of hydrazone groups is 1. The molecule has 5 nitrogen and oxygen atoms in total. The fourth-order valence-electron chi connectivity index (χ4n) is 2.86. The highest BCUT2D eigenvalue weighted by atomic mass is 35.5. The molecule has 0 unspecified atom stereocenters. The molecule has 23 heavy (non-hydrogen) atoms. The van der Waals surface area contributed by atoms with E-state index in [0.717, 1.165) is 5.56 Å². The highest BCUT2D eigenvalue weighted by Crippen LogP contribution is 2.59. The Morgan fingerprint density at radius 1 is 1.35 bits per heavy atom. The first-order valence-corrected chi connectivity index (χ1v) is 7.90. The summed E-state index contributed by atoms with van der Waals surface area (Å²) in [4.78, 5) is 12.2. The highest BCUT2D eigenvalue weighted by molar-refractivity contribution is 6.55. The number of fused-ring (bicyclic) bond motifs is 1. The van der Waals surface area contributed by atoms with Crippen molar-refractivity contribution in [2.75, 3.05) is 6.79 Å². The van der Waals surface area contributed by atoms with E-state index >= 15 is 0 Å². The summed E-state index contributed by atoms with van der Waals surface area (Å²) >= 11 is 11.4. The van der Waals surface area contributed by atoms with Gasteiger partial charge in [0.1, 0.15) is 4.49 Å². The predicted octanol–water partition coefficient (Wildman–Crippen LogP) is 3.46. The van der Waals surface area contributed by atoms with Crippen molar-refractivity contribution in [3.05, 3.63) is 34.3 Å². The molecule has 0 aromatic heterocycles. The predicted molar refractivity (Wildman–Crippen MR) is 88.9 cm³/mol. The van der Waals surface area contributed by atoms with Gasteiger partial charge in [-0.3, -0.25) is 4.79 Å². The molecule has 0 spiro atoms. The van der Waals surface area contributed by atoms with Gasteiger partial charge in [-0.25, -0.2) is 5.43 Å². The van der Waals surface area contributed by atoms with Crippen LogP contribution >= 0.6 is 23.2 Å². The number of carbonyl (C=O) groups is 1. The standard InChI is InChI=1S/C16H16Cl2N2O3/c1-16(2)10(6-13(17)18)14(16)15(21)20-19-7-9-3-4-11-12(5-9)23-8-22-11/h3-7,10,14H,8H2,1-2H3,(H,20,21)/b19-7+/t10-,14-/m1/s1. The van der Waals surface area contributed by atoms with Gasteiger partial charge in [0.2, 0.25) is 12.7 Å². The molecule has 1 aliphatic carbocycles. The summed E-state index contributed by atoms with van der Waals surface area (Å²) in [7, 11) is 0. The number of allylic oxidation sites excluding steroid dienone is 1. The lowest BCUT2D eigenvalue weighted by atomic mass is 10.1. The maximum absolute atomic E-state index is 12.2. The van der Waals surface area contributed by atoms with Gasteiger partial charge in [-0.05, 0) is 41.2 Å². The summed E-state index contributed by atoms with van der Waals surface area (Å²) in [6.45, 7) is 4.22. The van der Waals surface area contributed by atoms with Gasteiger partial charge in [0.05, 0.1) is 12.1 Å². The minimum atomic E-state index is -0.191. The Morgan fingerprint density at radius 2 is 2.09 bits per heavy atom. The van der Waals surface area contributed by atoms with E-state index in [1.54, 1.807) is 24.4 Å². The van der Waals surface area contributed by atoms with E-state index < -0.39 is 0 Å². The number of amides is 1. The van der Waals surface area contributed by atoms with E-state index in [-0.39, 0.29) is 34.4 Å². The molecule has 1 heterocycles. The topological polar surface area (TPSA) is 59.9 Å². The third kappa shape index (κ3) is 3.31. The van der Waals surface area contributed by atoms with Crippen molar-refractivity contribution in [3.63, 3.8) is 0 Å². The quantitative estimate of drug-likeness (QED) is 0.665. The molecule has 7 heteroatoms. The Hall–Kier alpha value is -1.72. The lowest BCUT2D eigenvalue weighted by Crippen LogP contribution is -2.21. The van der Waals surface area contributed by atoms with Crippen molar-refractivity contribution >= 4 is 35.3 Å². The monoisotopic (exact) mass is 354 g/mol. The molecular formula is C16H16Cl2N2O3. The van der Waals surface area contributed by atoms with Gasteiger partial charge < -0.3 is 9.47 Å². The number of nitrogens with one attached hydrogen (secondary N) is 1. The zero-order valence-electron chi connectivity index (χ0n) is 12.7. The lowest BCUT2D eigenvalue weighted by molar-refractivity contribution is -0.123. The van der Waals surface area contributed by atoms with Crippen LogP contribution in [-0.2, 0) is 4.79 Å². The van der Waals surface area contributed by atoms with Crippen molar-refractivity contribution in [2.45, 2.75) is 13.8 Å². The van der Waals surface area contributed by atoms with E-state index in [0.29, 0.717) is 11.5 Å². The molecule has 0 saturated heterocycles. The number of nitrogens with zero attached hydrogens (tertiary/aromatic N) is 1. The van der Waals surface area contributed by atoms with Crippen LogP contribution in [0.1, 0.15) is 19.4 Å². The smallest absolute Gasteiger partial charge is 0.244 e. The van der Waals surface area contributed by atoms with Crippen molar-refractivity contribution in [1.82, 2.24) is 5.43 Å². The second-order valence-electron chi connectivity index (χ2n) is 6.13. The van der Waals surface area contributed by atoms with Crippen molar-refractivity contribution in [3.8, 4) is 11.5 Å². The van der Waals surface area contributed by atoms with E-state index in [2.05, 4.69) is 10.5 Å². The molecule has 2 atom stereocenters. The first-order valence-electron chi connectivity index (χ1n) is 7.15. The van der Waals surface area contributed by atoms with Crippen molar-refractivity contribution in [1.29, 1.82) is 0 Å². The number of hydrogen-bond acceptors (Lipinski definition) is 4. The van der Waals surface area contributed by atoms with Gasteiger partial charge in [-0.2, -0.15) is 5.10 Å². The third-order valence-corrected chi connectivity index (χ3v) is 4.54. The maximum atomic E-state index is 12.2. The summed E-state index contributed by atoms with van der Waals surface area (Å²) in [5, 5.41) is 4.00. The van der Waals surface area contributed by atoms with Crippen LogP contribution in [0.5, 0.6) is 11.5 Å². The molecule has 1 aromatic carbocycles. The molecule has 1 N–H and O–H groups in total. The average Bonchev–Trinajstić information content (AvgIpc) is 2.85. The van der Waals surface area contributed by atoms with Gasteiger partial charge in [-0.15, -0.1) is 0 Å². The molecule has 3 rings (SSSR count). The van der Waals surface area contributed by atoms with E-state index in [1.807, 2.05) is 19.9 Å². The van der Waals surface area contributed by atoms with Gasteiger partial charge in [0.15, 0.2) is 11.5 Å². The second kappa shape index (κ2) is 6.06. The first-order chi connectivity index (χ1) is 10.9. The number of rotatable bonds is 4. The van der Waals surface area contributed by atoms with Crippen LogP contribution in [0.4, 0.5) is 0 Å². The number of halogens is 2. The summed E-state index contributed by atoms with van der Waals surface area (Å²) < 4.78 is 10.7. The fourth-order valence-corrected chi connectivity index (χ4v) is 3.13. The molecule has 0 bridgehead atoms. The van der Waals surface area contributed by atoms with Crippen molar-refractivity contribution in [2.24, 2.45) is 22.4 Å². The normalized spacial score (nSPS) is 23.7. The van der Waals surface area contributed by atoms with Gasteiger partial charge in [0.25, 0.3) is 0 Å². The van der Waals surface area contributed by atoms with Crippen molar-refractivity contribution < 1.29 is 14.3 Å². The van der Waals surface area contributed by atoms with Crippen LogP contribution in [0.3, 0.4) is 0 Å². The molecule has 1 aliphatic heterocycles. The number of carbonyl (C=O) groups excluding carboxylic acids is 1. The fraction of sp³-hybridized carbons (Fsp3) is 0.375. The molecule has 0 radical (unpaired) electrons. The maximum Gasteiger partial charge on any atom is 0.244 e. The van der Waals surface area contributed by atoms with E-state index in [4.69, 9.17) is 32.7 Å². The summed E-state index contributed by atoms with van der Waals surface area (Å²) in [5.74, 6) is 1.06. The Balaban J connectivity index is 1.60. The highest BCUT2D eigenvalue weighted by Gasteiger charge is 2.60. The third-order valence-electron chi connectivity index (χ3n) is 4.28. The van der Waals surface area contributed by atoms with Gasteiger partial charge in [-0.1, -0.05) is 37.0 Å². The molecule has 1 aromatic rings. The Morgan fingerprint density at radius 3 is 2.83 bits per heavy atom. The molecular weight excluding hydrogens is 339 g/mol. The Labute approximate surface area is 144 Å².